The van der Waals surface area contributed by atoms with E-state index in [9.17, 15) is 14.4 Å². The summed E-state index contributed by atoms with van der Waals surface area (Å²) in [5, 5.41) is 2.82. The molecule has 9 heteroatoms. The van der Waals surface area contributed by atoms with Crippen LogP contribution in [0.15, 0.2) is 15.9 Å². The van der Waals surface area contributed by atoms with E-state index in [0.717, 1.165) is 36.4 Å². The molecule has 0 aromatic carbocycles. The van der Waals surface area contributed by atoms with Gasteiger partial charge in [-0.15, -0.1) is 0 Å². The normalized spacial score (nSPS) is 17.9. The molecule has 2 aromatic rings. The minimum atomic E-state index is -0.537. The van der Waals surface area contributed by atoms with Crippen molar-refractivity contribution in [3.8, 4) is 0 Å². The Bertz CT molecular complexity index is 957. The molecule has 0 radical (unpaired) electrons. The van der Waals surface area contributed by atoms with E-state index in [1.807, 2.05) is 0 Å². The number of piperidine rings is 1. The van der Waals surface area contributed by atoms with Crippen molar-refractivity contribution in [2.45, 2.75) is 39.2 Å². The van der Waals surface area contributed by atoms with Crippen molar-refractivity contribution in [1.82, 2.24) is 28.9 Å². The van der Waals surface area contributed by atoms with Crippen LogP contribution in [-0.4, -0.2) is 55.7 Å². The quantitative estimate of drug-likeness (QED) is 0.675. The van der Waals surface area contributed by atoms with E-state index in [2.05, 4.69) is 22.1 Å². The zero-order chi connectivity index (χ0) is 20.3. The van der Waals surface area contributed by atoms with Gasteiger partial charge < -0.3 is 14.8 Å². The summed E-state index contributed by atoms with van der Waals surface area (Å²) in [6, 6.07) is 0. The molecular formula is C19H30N6O3. The van der Waals surface area contributed by atoms with E-state index in [0.29, 0.717) is 17.7 Å². The Balaban J connectivity index is 1.52. The highest BCUT2D eigenvalue weighted by Gasteiger charge is 2.17. The highest BCUT2D eigenvalue weighted by atomic mass is 16.2. The molecule has 0 spiro atoms. The predicted octanol–water partition coefficient (Wildman–Crippen LogP) is 0.0620. The van der Waals surface area contributed by atoms with Crippen molar-refractivity contribution in [1.29, 1.82) is 0 Å². The van der Waals surface area contributed by atoms with Crippen molar-refractivity contribution in [3.63, 3.8) is 0 Å². The van der Waals surface area contributed by atoms with Gasteiger partial charge in [-0.05, 0) is 44.7 Å². The number of fused-ring (bicyclic) bond motifs is 1. The highest BCUT2D eigenvalue weighted by Crippen LogP contribution is 2.15. The fraction of sp³-hybridized carbons (Fsp3) is 0.684. The predicted molar refractivity (Wildman–Crippen MR) is 107 cm³/mol. The van der Waals surface area contributed by atoms with Crippen LogP contribution < -0.4 is 16.6 Å². The molecule has 1 aliphatic heterocycles. The molecule has 0 bridgehead atoms. The summed E-state index contributed by atoms with van der Waals surface area (Å²) < 4.78 is 3.82. The number of hydrogen-bond donors (Lipinski definition) is 1. The largest absolute Gasteiger partial charge is 0.355 e. The van der Waals surface area contributed by atoms with Gasteiger partial charge in [0.25, 0.3) is 5.56 Å². The number of imidazole rings is 1. The average molecular weight is 390 g/mol. The molecule has 1 amide bonds. The second-order valence-electron chi connectivity index (χ2n) is 7.87. The summed E-state index contributed by atoms with van der Waals surface area (Å²) in [5.74, 6) is 0.443. The Morgan fingerprint density at radius 2 is 2.07 bits per heavy atom. The van der Waals surface area contributed by atoms with Gasteiger partial charge >= 0.3 is 5.69 Å². The van der Waals surface area contributed by atoms with Crippen molar-refractivity contribution < 1.29 is 4.79 Å². The SMILES string of the molecule is CC1CCCN(CCCCNC(=O)Cn2c(=O)c3c(ncn3C)n(C)c2=O)C1. The summed E-state index contributed by atoms with van der Waals surface area (Å²) in [6.45, 7) is 5.94. The van der Waals surface area contributed by atoms with Crippen LogP contribution in [0.5, 0.6) is 0 Å². The highest BCUT2D eigenvalue weighted by molar-refractivity contribution is 5.76. The number of likely N-dealkylation sites (tertiary alicyclic amines) is 1. The number of nitrogens with zero attached hydrogens (tertiary/aromatic N) is 5. The molecule has 1 N–H and O–H groups in total. The molecular weight excluding hydrogens is 360 g/mol. The van der Waals surface area contributed by atoms with Gasteiger partial charge in [-0.2, -0.15) is 0 Å². The third-order valence-corrected chi connectivity index (χ3v) is 5.47. The smallest absolute Gasteiger partial charge is 0.332 e. The third-order valence-electron chi connectivity index (χ3n) is 5.47. The number of unbranched alkanes of at least 4 members (excludes halogenated alkanes) is 1. The van der Waals surface area contributed by atoms with Crippen molar-refractivity contribution in [2.24, 2.45) is 20.0 Å². The maximum Gasteiger partial charge on any atom is 0.332 e. The number of carbonyl (C=O) groups excluding carboxylic acids is 1. The zero-order valence-corrected chi connectivity index (χ0v) is 17.0. The second kappa shape index (κ2) is 8.72. The van der Waals surface area contributed by atoms with Gasteiger partial charge in [0.05, 0.1) is 6.33 Å². The van der Waals surface area contributed by atoms with E-state index in [1.54, 1.807) is 18.7 Å². The molecule has 0 aliphatic carbocycles. The first-order valence-corrected chi connectivity index (χ1v) is 9.98. The van der Waals surface area contributed by atoms with E-state index in [-0.39, 0.29) is 12.5 Å². The fourth-order valence-corrected chi connectivity index (χ4v) is 3.91. The van der Waals surface area contributed by atoms with Crippen LogP contribution in [0, 0.1) is 5.92 Å². The van der Waals surface area contributed by atoms with Gasteiger partial charge in [-0.25, -0.2) is 14.3 Å². The van der Waals surface area contributed by atoms with E-state index >= 15 is 0 Å². The van der Waals surface area contributed by atoms with Gasteiger partial charge in [-0.1, -0.05) is 6.92 Å². The molecule has 1 unspecified atom stereocenters. The molecule has 1 atom stereocenters. The molecule has 0 saturated carbocycles. The van der Waals surface area contributed by atoms with Crippen molar-refractivity contribution >= 4 is 17.1 Å². The number of hydrogen-bond acceptors (Lipinski definition) is 5. The van der Waals surface area contributed by atoms with Crippen molar-refractivity contribution in [3.05, 3.63) is 27.2 Å². The maximum atomic E-state index is 12.6. The Hall–Kier alpha value is -2.42. The number of carbonyl (C=O) groups is 1. The second-order valence-corrected chi connectivity index (χ2v) is 7.87. The van der Waals surface area contributed by atoms with Crippen molar-refractivity contribution in [2.75, 3.05) is 26.2 Å². The number of amides is 1. The molecule has 1 fully saturated rings. The first-order valence-electron chi connectivity index (χ1n) is 9.98. The minimum absolute atomic E-state index is 0.281. The minimum Gasteiger partial charge on any atom is -0.355 e. The van der Waals surface area contributed by atoms with E-state index in [1.165, 1.54) is 30.3 Å². The van der Waals surface area contributed by atoms with Crippen LogP contribution in [0.1, 0.15) is 32.6 Å². The monoisotopic (exact) mass is 390 g/mol. The van der Waals surface area contributed by atoms with Gasteiger partial charge in [-0.3, -0.25) is 14.2 Å². The molecule has 9 nitrogen and oxygen atoms in total. The standard InChI is InChI=1S/C19H30N6O3/c1-14-7-6-10-24(11-14)9-5-4-8-20-15(26)12-25-18(27)16-17(21-13-22(16)2)23(3)19(25)28/h13-14H,4-12H2,1-3H3,(H,20,26). The van der Waals surface area contributed by atoms with E-state index < -0.39 is 11.2 Å². The average Bonchev–Trinajstić information content (AvgIpc) is 3.05. The van der Waals surface area contributed by atoms with Gasteiger partial charge in [0.15, 0.2) is 11.2 Å². The number of rotatable bonds is 7. The molecule has 1 aliphatic rings. The Kier molecular flexibility index (Phi) is 6.33. The van der Waals surface area contributed by atoms with Crippen LogP contribution in [0.3, 0.4) is 0 Å². The van der Waals surface area contributed by atoms with Crippen LogP contribution in [0.4, 0.5) is 0 Å². The summed E-state index contributed by atoms with van der Waals surface area (Å²) in [5.41, 5.74) is -0.398. The molecule has 28 heavy (non-hydrogen) atoms. The fourth-order valence-electron chi connectivity index (χ4n) is 3.91. The lowest BCUT2D eigenvalue weighted by Gasteiger charge is -2.30. The van der Waals surface area contributed by atoms with Crippen LogP contribution in [0.2, 0.25) is 0 Å². The lowest BCUT2D eigenvalue weighted by atomic mass is 10.0. The Labute approximate surface area is 164 Å². The summed E-state index contributed by atoms with van der Waals surface area (Å²) in [6.07, 6.45) is 5.97. The van der Waals surface area contributed by atoms with Gasteiger partial charge in [0.2, 0.25) is 5.91 Å². The summed E-state index contributed by atoms with van der Waals surface area (Å²) in [7, 11) is 3.24. The number of nitrogens with one attached hydrogen (secondary N) is 1. The first kappa shape index (κ1) is 20.3. The van der Waals surface area contributed by atoms with Gasteiger partial charge in [0.1, 0.15) is 6.54 Å². The lowest BCUT2D eigenvalue weighted by molar-refractivity contribution is -0.121. The van der Waals surface area contributed by atoms with Crippen LogP contribution >= 0.6 is 0 Å². The molecule has 1 saturated heterocycles. The molecule has 3 rings (SSSR count). The molecule has 2 aromatic heterocycles. The van der Waals surface area contributed by atoms with Gasteiger partial charge in [0, 0.05) is 27.2 Å². The topological polar surface area (TPSA) is 94.2 Å². The molecule has 154 valence electrons. The first-order chi connectivity index (χ1) is 13.4. The third kappa shape index (κ3) is 4.35. The maximum absolute atomic E-state index is 12.6. The summed E-state index contributed by atoms with van der Waals surface area (Å²) in [4.78, 5) is 43.8. The van der Waals surface area contributed by atoms with Crippen LogP contribution in [-0.2, 0) is 25.4 Å². The number of aromatic nitrogens is 4. The van der Waals surface area contributed by atoms with E-state index in [4.69, 9.17) is 0 Å². The molecule has 3 heterocycles. The zero-order valence-electron chi connectivity index (χ0n) is 17.0. The van der Waals surface area contributed by atoms with Crippen LogP contribution in [0.25, 0.3) is 11.2 Å². The Morgan fingerprint density at radius 1 is 1.29 bits per heavy atom. The Morgan fingerprint density at radius 3 is 2.82 bits per heavy atom. The summed E-state index contributed by atoms with van der Waals surface area (Å²) >= 11 is 0. The number of aryl methyl sites for hydroxylation is 2. The lowest BCUT2D eigenvalue weighted by Crippen LogP contribution is -2.43.